The first-order valence-corrected chi connectivity index (χ1v) is 15.3. The van der Waals surface area contributed by atoms with Crippen molar-refractivity contribution in [3.8, 4) is 11.5 Å². The normalized spacial score (nSPS) is 22.9. The van der Waals surface area contributed by atoms with E-state index in [4.69, 9.17) is 9.47 Å². The fourth-order valence-corrected chi connectivity index (χ4v) is 6.94. The highest BCUT2D eigenvalue weighted by Gasteiger charge is 2.45. The van der Waals surface area contributed by atoms with Crippen LogP contribution in [0.2, 0.25) is 0 Å². The van der Waals surface area contributed by atoms with Crippen LogP contribution in [0, 0.1) is 6.92 Å². The number of benzene rings is 3. The molecular formula is C30H34N4O6S. The number of hydrogen-bond acceptors (Lipinski definition) is 8. The van der Waals surface area contributed by atoms with Gasteiger partial charge < -0.3 is 24.4 Å². The van der Waals surface area contributed by atoms with Gasteiger partial charge in [0.05, 0.1) is 54.2 Å². The Morgan fingerprint density at radius 3 is 2.17 bits per heavy atom. The molecule has 0 spiro atoms. The Kier molecular flexibility index (Phi) is 7.71. The number of piperidine rings is 1. The van der Waals surface area contributed by atoms with Crippen molar-refractivity contribution in [2.24, 2.45) is 0 Å². The molecular weight excluding hydrogens is 544 g/mol. The molecule has 2 fully saturated rings. The Morgan fingerprint density at radius 2 is 1.54 bits per heavy atom. The van der Waals surface area contributed by atoms with Gasteiger partial charge in [0.1, 0.15) is 0 Å². The molecule has 0 saturated carbocycles. The molecule has 216 valence electrons. The number of rotatable bonds is 6. The molecule has 1 amide bonds. The van der Waals surface area contributed by atoms with Gasteiger partial charge in [-0.1, -0.05) is 42.0 Å². The molecule has 3 heterocycles. The molecule has 3 aromatic rings. The number of aliphatic hydroxyl groups excluding tert-OH is 1. The summed E-state index contributed by atoms with van der Waals surface area (Å²) in [6.45, 7) is 4.76. The lowest BCUT2D eigenvalue weighted by Gasteiger charge is -2.48. The van der Waals surface area contributed by atoms with Gasteiger partial charge in [-0.2, -0.15) is 0 Å². The van der Waals surface area contributed by atoms with Crippen molar-refractivity contribution >= 4 is 27.3 Å². The number of carbonyl (C=O) groups excluding carboxylic acids is 1. The second-order valence-corrected chi connectivity index (χ2v) is 12.4. The molecule has 6 rings (SSSR count). The number of para-hydroxylation sites is 4. The summed E-state index contributed by atoms with van der Waals surface area (Å²) in [4.78, 5) is 19.4. The second-order valence-electron chi connectivity index (χ2n) is 10.7. The third kappa shape index (κ3) is 5.68. The predicted octanol–water partition coefficient (Wildman–Crippen LogP) is 2.49. The van der Waals surface area contributed by atoms with Gasteiger partial charge >= 0.3 is 0 Å². The topological polar surface area (TPSA) is 112 Å². The van der Waals surface area contributed by atoms with Crippen molar-refractivity contribution in [3.05, 3.63) is 78.4 Å². The molecule has 3 aliphatic rings. The molecule has 0 radical (unpaired) electrons. The second kappa shape index (κ2) is 11.4. The summed E-state index contributed by atoms with van der Waals surface area (Å²) in [7, 11) is -3.98. The minimum absolute atomic E-state index is 0.0412. The molecule has 3 aromatic carbocycles. The average molecular weight is 579 g/mol. The number of anilines is 2. The highest BCUT2D eigenvalue weighted by molar-refractivity contribution is 7.89. The molecule has 10 nitrogen and oxygen atoms in total. The maximum absolute atomic E-state index is 13.7. The van der Waals surface area contributed by atoms with Crippen LogP contribution in [-0.4, -0.2) is 93.4 Å². The van der Waals surface area contributed by atoms with Crippen molar-refractivity contribution in [3.63, 3.8) is 0 Å². The zero-order chi connectivity index (χ0) is 28.6. The number of aryl methyl sites for hydroxylation is 1. The molecule has 0 bridgehead atoms. The van der Waals surface area contributed by atoms with E-state index >= 15 is 0 Å². The zero-order valence-corrected chi connectivity index (χ0v) is 23.7. The van der Waals surface area contributed by atoms with Gasteiger partial charge in [-0.25, -0.2) is 13.1 Å². The van der Waals surface area contributed by atoms with Crippen molar-refractivity contribution in [2.75, 3.05) is 50.8 Å². The summed E-state index contributed by atoms with van der Waals surface area (Å²) in [5.74, 6) is 1.11. The minimum Gasteiger partial charge on any atom is -0.453 e. The van der Waals surface area contributed by atoms with Gasteiger partial charge in [0, 0.05) is 26.2 Å². The maximum atomic E-state index is 13.7. The van der Waals surface area contributed by atoms with Gasteiger partial charge in [0.25, 0.3) is 0 Å². The number of nitrogens with one attached hydrogen (secondary N) is 1. The minimum atomic E-state index is -3.98. The lowest BCUT2D eigenvalue weighted by atomic mass is 9.94. The first-order valence-electron chi connectivity index (χ1n) is 13.8. The molecule has 3 aliphatic heterocycles. The number of morpholine rings is 1. The molecule has 3 atom stereocenters. The molecule has 11 heteroatoms. The van der Waals surface area contributed by atoms with Gasteiger partial charge in [-0.05, 0) is 43.3 Å². The lowest BCUT2D eigenvalue weighted by molar-refractivity contribution is -0.136. The summed E-state index contributed by atoms with van der Waals surface area (Å²) in [5, 5.41) is 11.8. The number of amides is 1. The van der Waals surface area contributed by atoms with Crippen LogP contribution in [0.5, 0.6) is 11.5 Å². The molecule has 41 heavy (non-hydrogen) atoms. The van der Waals surface area contributed by atoms with Gasteiger partial charge in [-0.3, -0.25) is 9.69 Å². The number of hydrogen-bond donors (Lipinski definition) is 2. The Balaban J connectivity index is 1.36. The smallest absolute Gasteiger partial charge is 0.240 e. The van der Waals surface area contributed by atoms with Crippen molar-refractivity contribution < 1.29 is 27.8 Å². The zero-order valence-electron chi connectivity index (χ0n) is 22.8. The number of carbonyl (C=O) groups is 1. The van der Waals surface area contributed by atoms with Crippen LogP contribution >= 0.6 is 0 Å². The number of fused-ring (bicyclic) bond motifs is 2. The standard InChI is InChI=1S/C30H34N4O6S/c1-21-10-12-22(13-11-21)41(37,38)31-23-18-33(29(35)20-32-14-16-39-17-15-32)19-26(30(23)36)34-24-6-2-4-8-27(24)40-28-9-5-3-7-25(28)34/h2-13,23,26,30-31,36H,14-20H2,1H3/t23-,26+,30+/m1/s1. The summed E-state index contributed by atoms with van der Waals surface area (Å²) in [6.07, 6.45) is -1.14. The van der Waals surface area contributed by atoms with E-state index in [2.05, 4.69) is 4.72 Å². The van der Waals surface area contributed by atoms with E-state index in [-0.39, 0.29) is 30.4 Å². The molecule has 0 aliphatic carbocycles. The van der Waals surface area contributed by atoms with E-state index in [1.54, 1.807) is 29.2 Å². The van der Waals surface area contributed by atoms with Crippen LogP contribution in [0.4, 0.5) is 11.4 Å². The van der Waals surface area contributed by atoms with Crippen LogP contribution in [0.25, 0.3) is 0 Å². The van der Waals surface area contributed by atoms with Crippen LogP contribution in [-0.2, 0) is 19.6 Å². The van der Waals surface area contributed by atoms with Crippen molar-refractivity contribution in [1.82, 2.24) is 14.5 Å². The molecule has 2 N–H and O–H groups in total. The number of likely N-dealkylation sites (tertiary alicyclic amines) is 1. The first kappa shape index (κ1) is 27.7. The predicted molar refractivity (Wildman–Crippen MR) is 154 cm³/mol. The highest BCUT2D eigenvalue weighted by Crippen LogP contribution is 2.48. The average Bonchev–Trinajstić information content (AvgIpc) is 2.98. The molecule has 0 unspecified atom stereocenters. The Labute approximate surface area is 240 Å². The Hall–Kier alpha value is -3.48. The quantitative estimate of drug-likeness (QED) is 0.459. The van der Waals surface area contributed by atoms with Crippen LogP contribution < -0.4 is 14.4 Å². The van der Waals surface area contributed by atoms with Crippen LogP contribution in [0.3, 0.4) is 0 Å². The number of ether oxygens (including phenoxy) is 2. The van der Waals surface area contributed by atoms with E-state index in [9.17, 15) is 18.3 Å². The van der Waals surface area contributed by atoms with Gasteiger partial charge in [0.2, 0.25) is 15.9 Å². The summed E-state index contributed by atoms with van der Waals surface area (Å²) < 4.78 is 41.2. The SMILES string of the molecule is Cc1ccc(S(=O)(=O)N[C@@H]2CN(C(=O)CN3CCOCC3)C[C@H](N3c4ccccc4Oc4ccccc43)[C@H]2O)cc1. The van der Waals surface area contributed by atoms with E-state index in [0.29, 0.717) is 37.8 Å². The van der Waals surface area contributed by atoms with Gasteiger partial charge in [0.15, 0.2) is 11.5 Å². The van der Waals surface area contributed by atoms with Crippen LogP contribution in [0.15, 0.2) is 77.7 Å². The summed E-state index contributed by atoms with van der Waals surface area (Å²) in [6, 6.07) is 20.0. The van der Waals surface area contributed by atoms with E-state index in [0.717, 1.165) is 16.9 Å². The monoisotopic (exact) mass is 578 g/mol. The highest BCUT2D eigenvalue weighted by atomic mass is 32.2. The maximum Gasteiger partial charge on any atom is 0.240 e. The van der Waals surface area contributed by atoms with Crippen LogP contribution in [0.1, 0.15) is 5.56 Å². The van der Waals surface area contributed by atoms with E-state index in [1.165, 1.54) is 0 Å². The number of nitrogens with zero attached hydrogens (tertiary/aromatic N) is 3. The van der Waals surface area contributed by atoms with E-state index in [1.807, 2.05) is 65.3 Å². The fraction of sp³-hybridized carbons (Fsp3) is 0.367. The third-order valence-electron chi connectivity index (χ3n) is 7.89. The lowest BCUT2D eigenvalue weighted by Crippen LogP contribution is -2.66. The first-order chi connectivity index (χ1) is 19.8. The fourth-order valence-electron chi connectivity index (χ4n) is 5.69. The third-order valence-corrected chi connectivity index (χ3v) is 9.39. The van der Waals surface area contributed by atoms with Crippen molar-refractivity contribution in [2.45, 2.75) is 30.0 Å². The van der Waals surface area contributed by atoms with Gasteiger partial charge in [-0.15, -0.1) is 0 Å². The van der Waals surface area contributed by atoms with Crippen molar-refractivity contribution in [1.29, 1.82) is 0 Å². The summed E-state index contributed by atoms with van der Waals surface area (Å²) >= 11 is 0. The molecule has 0 aromatic heterocycles. The van der Waals surface area contributed by atoms with E-state index < -0.39 is 28.2 Å². The summed E-state index contributed by atoms with van der Waals surface area (Å²) in [5.41, 5.74) is 2.40. The molecule has 2 saturated heterocycles. The Morgan fingerprint density at radius 1 is 0.927 bits per heavy atom. The Bertz CT molecular complexity index is 1460. The number of aliphatic hydroxyl groups is 1. The number of sulfonamides is 1. The largest absolute Gasteiger partial charge is 0.453 e.